The molecular weight excluding hydrogens is 486 g/mol. The Bertz CT molecular complexity index is 1360. The molecule has 8 heteroatoms. The molecule has 198 valence electrons. The number of carbonyl (C=O) groups excluding carboxylic acids is 2. The van der Waals surface area contributed by atoms with E-state index < -0.39 is 27.5 Å². The van der Waals surface area contributed by atoms with E-state index in [1.165, 1.54) is 11.9 Å². The number of benzene rings is 3. The van der Waals surface area contributed by atoms with Crippen LogP contribution in [0.25, 0.3) is 10.8 Å². The number of nitrogens with zero attached hydrogens (tertiary/aromatic N) is 2. The molecule has 0 saturated carbocycles. The van der Waals surface area contributed by atoms with Crippen LogP contribution in [0.4, 0.5) is 0 Å². The Morgan fingerprint density at radius 1 is 0.946 bits per heavy atom. The number of sulfonamides is 1. The van der Waals surface area contributed by atoms with Crippen LogP contribution in [-0.4, -0.2) is 54.6 Å². The van der Waals surface area contributed by atoms with Crippen molar-refractivity contribution in [1.82, 2.24) is 14.5 Å². The highest BCUT2D eigenvalue weighted by Gasteiger charge is 2.33. The first-order chi connectivity index (χ1) is 17.3. The van der Waals surface area contributed by atoms with Crippen LogP contribution in [-0.2, 0) is 26.2 Å². The van der Waals surface area contributed by atoms with Gasteiger partial charge in [-0.3, -0.25) is 9.59 Å². The topological polar surface area (TPSA) is 86.8 Å². The van der Waals surface area contributed by atoms with Gasteiger partial charge in [0, 0.05) is 19.1 Å². The number of likely N-dealkylation sites (N-methyl/N-ethyl adjacent to an activating group) is 1. The Morgan fingerprint density at radius 3 is 2.16 bits per heavy atom. The molecule has 2 amide bonds. The molecule has 1 atom stereocenters. The van der Waals surface area contributed by atoms with Crippen molar-refractivity contribution < 1.29 is 18.0 Å². The molecule has 0 aliphatic heterocycles. The summed E-state index contributed by atoms with van der Waals surface area (Å²) in [6.45, 7) is 9.27. The molecule has 3 aromatic rings. The van der Waals surface area contributed by atoms with Gasteiger partial charge in [0.05, 0.1) is 11.4 Å². The van der Waals surface area contributed by atoms with Gasteiger partial charge in [0.25, 0.3) is 0 Å². The van der Waals surface area contributed by atoms with E-state index in [4.69, 9.17) is 0 Å². The number of aryl methyl sites for hydroxylation is 1. The summed E-state index contributed by atoms with van der Waals surface area (Å²) in [7, 11) is -2.54. The number of amides is 2. The molecular formula is C29H37N3O4S. The zero-order chi connectivity index (χ0) is 27.4. The van der Waals surface area contributed by atoms with Gasteiger partial charge in [0.2, 0.25) is 21.8 Å². The predicted octanol–water partition coefficient (Wildman–Crippen LogP) is 4.49. The maximum atomic E-state index is 13.6. The number of rotatable bonds is 9. The van der Waals surface area contributed by atoms with Crippen molar-refractivity contribution in [2.24, 2.45) is 0 Å². The first kappa shape index (κ1) is 28.3. The first-order valence-electron chi connectivity index (χ1n) is 12.4. The van der Waals surface area contributed by atoms with Gasteiger partial charge in [-0.1, -0.05) is 67.1 Å². The lowest BCUT2D eigenvalue weighted by atomic mass is 10.1. The Balaban J connectivity index is 1.89. The minimum Gasteiger partial charge on any atom is -0.350 e. The van der Waals surface area contributed by atoms with Crippen LogP contribution in [0.1, 0.15) is 45.2 Å². The van der Waals surface area contributed by atoms with Crippen LogP contribution < -0.4 is 5.32 Å². The first-order valence-corrected chi connectivity index (χ1v) is 13.9. The normalized spacial score (nSPS) is 12.9. The van der Waals surface area contributed by atoms with Crippen LogP contribution in [0.3, 0.4) is 0 Å². The smallest absolute Gasteiger partial charge is 0.243 e. The lowest BCUT2D eigenvalue weighted by Gasteiger charge is -2.34. The van der Waals surface area contributed by atoms with Gasteiger partial charge >= 0.3 is 0 Å². The van der Waals surface area contributed by atoms with Crippen LogP contribution in [0.15, 0.2) is 71.6 Å². The van der Waals surface area contributed by atoms with E-state index in [9.17, 15) is 18.0 Å². The maximum absolute atomic E-state index is 13.6. The van der Waals surface area contributed by atoms with E-state index in [-0.39, 0.29) is 23.9 Å². The summed E-state index contributed by atoms with van der Waals surface area (Å²) in [6.07, 6.45) is 0.390. The highest BCUT2D eigenvalue weighted by atomic mass is 32.2. The Kier molecular flexibility index (Phi) is 8.76. The fourth-order valence-corrected chi connectivity index (χ4v) is 5.29. The number of hydrogen-bond acceptors (Lipinski definition) is 4. The zero-order valence-electron chi connectivity index (χ0n) is 22.5. The van der Waals surface area contributed by atoms with E-state index in [1.54, 1.807) is 18.2 Å². The Labute approximate surface area is 220 Å². The van der Waals surface area contributed by atoms with Gasteiger partial charge in [-0.2, -0.15) is 4.31 Å². The van der Waals surface area contributed by atoms with Crippen LogP contribution in [0.5, 0.6) is 0 Å². The van der Waals surface area contributed by atoms with Crippen LogP contribution in [0, 0.1) is 6.92 Å². The number of hydrogen-bond donors (Lipinski definition) is 1. The molecule has 0 bridgehead atoms. The molecule has 0 saturated heterocycles. The molecule has 0 spiro atoms. The predicted molar refractivity (Wildman–Crippen MR) is 147 cm³/mol. The maximum Gasteiger partial charge on any atom is 0.243 e. The summed E-state index contributed by atoms with van der Waals surface area (Å²) < 4.78 is 27.8. The van der Waals surface area contributed by atoms with E-state index in [1.807, 2.05) is 83.1 Å². The molecule has 0 heterocycles. The fourth-order valence-electron chi connectivity index (χ4n) is 4.14. The second-order valence-corrected chi connectivity index (χ2v) is 12.5. The molecule has 0 fully saturated rings. The minimum absolute atomic E-state index is 0.115. The summed E-state index contributed by atoms with van der Waals surface area (Å²) in [5, 5.41) is 4.69. The standard InChI is InChI=1S/C29H37N3O4S/c1-7-26(28(34)30-29(3,4)5)32(19-22-14-12-21(2)13-15-22)27(33)20-31(6)37(35,36)25-17-16-23-10-8-9-11-24(23)18-25/h8-18,26H,7,19-20H2,1-6H3,(H,30,34)/t26-/m1/s1. The van der Waals surface area contributed by atoms with E-state index in [2.05, 4.69) is 5.32 Å². The van der Waals surface area contributed by atoms with Crippen molar-refractivity contribution in [2.75, 3.05) is 13.6 Å². The molecule has 7 nitrogen and oxygen atoms in total. The monoisotopic (exact) mass is 523 g/mol. The van der Waals surface area contributed by atoms with Crippen molar-refractivity contribution in [2.45, 2.75) is 64.1 Å². The zero-order valence-corrected chi connectivity index (χ0v) is 23.3. The summed E-state index contributed by atoms with van der Waals surface area (Å²) in [4.78, 5) is 28.4. The van der Waals surface area contributed by atoms with E-state index in [0.717, 1.165) is 26.2 Å². The van der Waals surface area contributed by atoms with Crippen molar-refractivity contribution >= 4 is 32.6 Å². The van der Waals surface area contributed by atoms with Gasteiger partial charge in [0.15, 0.2) is 0 Å². The molecule has 1 N–H and O–H groups in total. The fraction of sp³-hybridized carbons (Fsp3) is 0.379. The summed E-state index contributed by atoms with van der Waals surface area (Å²) in [5.74, 6) is -0.709. The van der Waals surface area contributed by atoms with Crippen molar-refractivity contribution in [3.05, 3.63) is 77.9 Å². The minimum atomic E-state index is -3.93. The Hall–Kier alpha value is -3.23. The average molecular weight is 524 g/mol. The van der Waals surface area contributed by atoms with Crippen molar-refractivity contribution in [3.8, 4) is 0 Å². The molecule has 37 heavy (non-hydrogen) atoms. The molecule has 0 radical (unpaired) electrons. The molecule has 0 aromatic heterocycles. The highest BCUT2D eigenvalue weighted by molar-refractivity contribution is 7.89. The number of nitrogens with one attached hydrogen (secondary N) is 1. The van der Waals surface area contributed by atoms with E-state index in [0.29, 0.717) is 6.42 Å². The molecule has 3 aromatic carbocycles. The average Bonchev–Trinajstić information content (AvgIpc) is 2.83. The van der Waals surface area contributed by atoms with Gasteiger partial charge in [-0.15, -0.1) is 0 Å². The number of carbonyl (C=O) groups is 2. The third kappa shape index (κ3) is 7.17. The summed E-state index contributed by atoms with van der Waals surface area (Å²) in [5.41, 5.74) is 1.47. The largest absolute Gasteiger partial charge is 0.350 e. The quantitative estimate of drug-likeness (QED) is 0.448. The third-order valence-corrected chi connectivity index (χ3v) is 7.94. The van der Waals surface area contributed by atoms with Crippen LogP contribution in [0.2, 0.25) is 0 Å². The lowest BCUT2D eigenvalue weighted by Crippen LogP contribution is -2.55. The number of fused-ring (bicyclic) bond motifs is 1. The SMILES string of the molecule is CC[C@H](C(=O)NC(C)(C)C)N(Cc1ccc(C)cc1)C(=O)CN(C)S(=O)(=O)c1ccc2ccccc2c1. The second kappa shape index (κ2) is 11.4. The highest BCUT2D eigenvalue weighted by Crippen LogP contribution is 2.22. The molecule has 0 unspecified atom stereocenters. The lowest BCUT2D eigenvalue weighted by molar-refractivity contribution is -0.142. The third-order valence-electron chi connectivity index (χ3n) is 6.14. The second-order valence-electron chi connectivity index (χ2n) is 10.4. The Morgan fingerprint density at radius 2 is 1.57 bits per heavy atom. The summed E-state index contributed by atoms with van der Waals surface area (Å²) >= 11 is 0. The molecule has 0 aliphatic rings. The van der Waals surface area contributed by atoms with Gasteiger partial charge < -0.3 is 10.2 Å². The summed E-state index contributed by atoms with van der Waals surface area (Å²) in [6, 6.07) is 19.4. The van der Waals surface area contributed by atoms with Crippen molar-refractivity contribution in [1.29, 1.82) is 0 Å². The van der Waals surface area contributed by atoms with Gasteiger partial charge in [-0.05, 0) is 62.6 Å². The molecule has 0 aliphatic carbocycles. The van der Waals surface area contributed by atoms with E-state index >= 15 is 0 Å². The van der Waals surface area contributed by atoms with Gasteiger partial charge in [0.1, 0.15) is 6.04 Å². The van der Waals surface area contributed by atoms with Crippen molar-refractivity contribution in [3.63, 3.8) is 0 Å². The van der Waals surface area contributed by atoms with Gasteiger partial charge in [-0.25, -0.2) is 8.42 Å². The molecule has 3 rings (SSSR count). The van der Waals surface area contributed by atoms with Crippen LogP contribution >= 0.6 is 0 Å².